The van der Waals surface area contributed by atoms with E-state index in [0.717, 1.165) is 18.9 Å². The van der Waals surface area contributed by atoms with Gasteiger partial charge in [-0.25, -0.2) is 4.98 Å². The van der Waals surface area contributed by atoms with E-state index < -0.39 is 0 Å². The zero-order chi connectivity index (χ0) is 13.7. The van der Waals surface area contributed by atoms with Gasteiger partial charge in [-0.3, -0.25) is 0 Å². The molecule has 4 heteroatoms. The molecule has 0 aliphatic carbocycles. The van der Waals surface area contributed by atoms with Gasteiger partial charge in [-0.05, 0) is 25.3 Å². The molecule has 1 N–H and O–H groups in total. The molecule has 0 spiro atoms. The third-order valence-corrected chi connectivity index (χ3v) is 3.98. The first kappa shape index (κ1) is 14.5. The van der Waals surface area contributed by atoms with Gasteiger partial charge in [-0.15, -0.1) is 0 Å². The van der Waals surface area contributed by atoms with Crippen molar-refractivity contribution in [3.05, 3.63) is 18.2 Å². The number of aromatic nitrogens is 2. The van der Waals surface area contributed by atoms with Gasteiger partial charge >= 0.3 is 0 Å². The molecule has 1 aliphatic rings. The first-order valence-corrected chi connectivity index (χ1v) is 7.57. The summed E-state index contributed by atoms with van der Waals surface area (Å²) in [4.78, 5) is 7.06. The van der Waals surface area contributed by atoms with E-state index in [9.17, 15) is 0 Å². The van der Waals surface area contributed by atoms with Crippen LogP contribution in [0.4, 0.5) is 0 Å². The lowest BCUT2D eigenvalue weighted by Gasteiger charge is -2.32. The van der Waals surface area contributed by atoms with Crippen LogP contribution in [0.5, 0.6) is 0 Å². The normalized spacial score (nSPS) is 21.2. The molecular weight excluding hydrogens is 236 g/mol. The molecular formula is C15H28N4. The standard InChI is InChI=1S/C15H28N4/c1-13(2)16-7-10-19-8-4-5-14(12-19)11-15-17-6-9-18(15)3/h6,9,13-14,16H,4-5,7-8,10-12H2,1-3H3. The number of hydrogen-bond donors (Lipinski definition) is 1. The highest BCUT2D eigenvalue weighted by Gasteiger charge is 2.21. The molecule has 2 heterocycles. The van der Waals surface area contributed by atoms with E-state index in [0.29, 0.717) is 6.04 Å². The van der Waals surface area contributed by atoms with Crippen molar-refractivity contribution in [3.8, 4) is 0 Å². The maximum Gasteiger partial charge on any atom is 0.108 e. The molecule has 0 radical (unpaired) electrons. The van der Waals surface area contributed by atoms with Crippen LogP contribution >= 0.6 is 0 Å². The van der Waals surface area contributed by atoms with Crippen molar-refractivity contribution < 1.29 is 0 Å². The predicted octanol–water partition coefficient (Wildman–Crippen LogP) is 1.67. The number of rotatable bonds is 6. The molecule has 1 saturated heterocycles. The zero-order valence-electron chi connectivity index (χ0n) is 12.6. The van der Waals surface area contributed by atoms with E-state index in [1.165, 1.54) is 38.3 Å². The maximum atomic E-state index is 4.45. The molecule has 1 atom stereocenters. The summed E-state index contributed by atoms with van der Waals surface area (Å²) in [7, 11) is 2.09. The van der Waals surface area contributed by atoms with Crippen LogP contribution in [0.25, 0.3) is 0 Å². The Bertz CT molecular complexity index is 372. The SMILES string of the molecule is CC(C)NCCN1CCCC(Cc2nccn2C)C1. The van der Waals surface area contributed by atoms with E-state index in [2.05, 4.69) is 40.7 Å². The Morgan fingerprint density at radius 2 is 2.32 bits per heavy atom. The average molecular weight is 264 g/mol. The van der Waals surface area contributed by atoms with Gasteiger partial charge in [0.05, 0.1) is 0 Å². The van der Waals surface area contributed by atoms with E-state index >= 15 is 0 Å². The summed E-state index contributed by atoms with van der Waals surface area (Å²) in [6, 6.07) is 0.591. The second-order valence-electron chi connectivity index (χ2n) is 6.08. The van der Waals surface area contributed by atoms with Gasteiger partial charge in [0.25, 0.3) is 0 Å². The van der Waals surface area contributed by atoms with Crippen LogP contribution in [-0.2, 0) is 13.5 Å². The largest absolute Gasteiger partial charge is 0.338 e. The maximum absolute atomic E-state index is 4.45. The second kappa shape index (κ2) is 7.06. The lowest BCUT2D eigenvalue weighted by atomic mass is 9.94. The molecule has 1 aromatic heterocycles. The number of likely N-dealkylation sites (tertiary alicyclic amines) is 1. The van der Waals surface area contributed by atoms with Gasteiger partial charge in [0, 0.05) is 51.5 Å². The van der Waals surface area contributed by atoms with Crippen molar-refractivity contribution in [2.45, 2.75) is 39.2 Å². The van der Waals surface area contributed by atoms with Crippen LogP contribution in [0.2, 0.25) is 0 Å². The zero-order valence-corrected chi connectivity index (χ0v) is 12.6. The molecule has 108 valence electrons. The molecule has 2 rings (SSSR count). The van der Waals surface area contributed by atoms with Crippen LogP contribution in [0.3, 0.4) is 0 Å². The fourth-order valence-electron chi connectivity index (χ4n) is 2.88. The predicted molar refractivity (Wildman–Crippen MR) is 79.2 cm³/mol. The number of nitrogens with one attached hydrogen (secondary N) is 1. The smallest absolute Gasteiger partial charge is 0.108 e. The summed E-state index contributed by atoms with van der Waals surface area (Å²) in [5.74, 6) is 2.00. The Kier molecular flexibility index (Phi) is 5.40. The van der Waals surface area contributed by atoms with E-state index in [1.54, 1.807) is 0 Å². The van der Waals surface area contributed by atoms with Gasteiger partial charge < -0.3 is 14.8 Å². The quantitative estimate of drug-likeness (QED) is 0.848. The third-order valence-electron chi connectivity index (χ3n) is 3.98. The average Bonchev–Trinajstić information content (AvgIpc) is 2.75. The number of imidazole rings is 1. The molecule has 1 fully saturated rings. The van der Waals surface area contributed by atoms with Gasteiger partial charge in [-0.1, -0.05) is 13.8 Å². The highest BCUT2D eigenvalue weighted by Crippen LogP contribution is 2.19. The minimum absolute atomic E-state index is 0.591. The fraction of sp³-hybridized carbons (Fsp3) is 0.800. The van der Waals surface area contributed by atoms with Gasteiger partial charge in [0.15, 0.2) is 0 Å². The number of piperidine rings is 1. The minimum atomic E-state index is 0.591. The Labute approximate surface area is 117 Å². The molecule has 1 unspecified atom stereocenters. The van der Waals surface area contributed by atoms with Crippen molar-refractivity contribution in [2.24, 2.45) is 13.0 Å². The van der Waals surface area contributed by atoms with Crippen LogP contribution in [-0.4, -0.2) is 46.7 Å². The van der Waals surface area contributed by atoms with Crippen molar-refractivity contribution in [2.75, 3.05) is 26.2 Å². The molecule has 1 aromatic rings. The lowest BCUT2D eigenvalue weighted by Crippen LogP contribution is -2.41. The van der Waals surface area contributed by atoms with E-state index in [1.807, 2.05) is 12.4 Å². The summed E-state index contributed by atoms with van der Waals surface area (Å²) < 4.78 is 2.15. The molecule has 0 saturated carbocycles. The van der Waals surface area contributed by atoms with Gasteiger partial charge in [0.1, 0.15) is 5.82 Å². The summed E-state index contributed by atoms with van der Waals surface area (Å²) >= 11 is 0. The summed E-state index contributed by atoms with van der Waals surface area (Å²) in [5, 5.41) is 3.50. The molecule has 0 aromatic carbocycles. The first-order valence-electron chi connectivity index (χ1n) is 7.57. The molecule has 19 heavy (non-hydrogen) atoms. The number of aryl methyl sites for hydroxylation is 1. The number of nitrogens with zero attached hydrogens (tertiary/aromatic N) is 3. The topological polar surface area (TPSA) is 33.1 Å². The monoisotopic (exact) mass is 264 g/mol. The Morgan fingerprint density at radius 1 is 1.47 bits per heavy atom. The first-order chi connectivity index (χ1) is 9.15. The highest BCUT2D eigenvalue weighted by atomic mass is 15.1. The van der Waals surface area contributed by atoms with Crippen molar-refractivity contribution >= 4 is 0 Å². The minimum Gasteiger partial charge on any atom is -0.338 e. The third kappa shape index (κ3) is 4.62. The van der Waals surface area contributed by atoms with Crippen LogP contribution in [0.15, 0.2) is 12.4 Å². The summed E-state index contributed by atoms with van der Waals surface area (Å²) in [6.45, 7) is 9.19. The van der Waals surface area contributed by atoms with Crippen molar-refractivity contribution in [1.82, 2.24) is 19.8 Å². The molecule has 0 amide bonds. The molecule has 1 aliphatic heterocycles. The molecule has 4 nitrogen and oxygen atoms in total. The van der Waals surface area contributed by atoms with Crippen molar-refractivity contribution in [3.63, 3.8) is 0 Å². The second-order valence-corrected chi connectivity index (χ2v) is 6.08. The Hall–Kier alpha value is -0.870. The van der Waals surface area contributed by atoms with Crippen LogP contribution in [0, 0.1) is 5.92 Å². The lowest BCUT2D eigenvalue weighted by molar-refractivity contribution is 0.172. The van der Waals surface area contributed by atoms with Crippen LogP contribution in [0.1, 0.15) is 32.5 Å². The number of hydrogen-bond acceptors (Lipinski definition) is 3. The van der Waals surface area contributed by atoms with E-state index in [-0.39, 0.29) is 0 Å². The van der Waals surface area contributed by atoms with Gasteiger partial charge in [0.2, 0.25) is 0 Å². The molecule has 0 bridgehead atoms. The Balaban J connectivity index is 1.75. The highest BCUT2D eigenvalue weighted by molar-refractivity contribution is 4.94. The Morgan fingerprint density at radius 3 is 3.00 bits per heavy atom. The van der Waals surface area contributed by atoms with Crippen molar-refractivity contribution in [1.29, 1.82) is 0 Å². The van der Waals surface area contributed by atoms with Crippen LogP contribution < -0.4 is 5.32 Å². The summed E-state index contributed by atoms with van der Waals surface area (Å²) in [5.41, 5.74) is 0. The summed E-state index contributed by atoms with van der Waals surface area (Å²) in [6.07, 6.45) is 7.75. The van der Waals surface area contributed by atoms with E-state index in [4.69, 9.17) is 0 Å². The fourth-order valence-corrected chi connectivity index (χ4v) is 2.88. The van der Waals surface area contributed by atoms with Gasteiger partial charge in [-0.2, -0.15) is 0 Å².